The number of hydrogen-bond donors (Lipinski definition) is 2. The maximum absolute atomic E-state index is 12.8. The van der Waals surface area contributed by atoms with Crippen LogP contribution in [-0.2, 0) is 4.79 Å². The van der Waals surface area contributed by atoms with Gasteiger partial charge in [-0.2, -0.15) is 4.39 Å². The van der Waals surface area contributed by atoms with Gasteiger partial charge in [-0.3, -0.25) is 9.59 Å². The fourth-order valence-corrected chi connectivity index (χ4v) is 2.93. The van der Waals surface area contributed by atoms with E-state index in [9.17, 15) is 14.0 Å². The second kappa shape index (κ2) is 22.0. The molecule has 0 radical (unpaired) electrons. The number of amides is 2. The molecule has 0 saturated heterocycles. The predicted molar refractivity (Wildman–Crippen MR) is 147 cm³/mol. The summed E-state index contributed by atoms with van der Waals surface area (Å²) in [6, 6.07) is 2.49. The van der Waals surface area contributed by atoms with Crippen LogP contribution in [0.2, 0.25) is 0 Å². The van der Waals surface area contributed by atoms with Crippen molar-refractivity contribution in [2.24, 2.45) is 0 Å². The molecule has 6 heteroatoms. The van der Waals surface area contributed by atoms with E-state index < -0.39 is 5.95 Å². The van der Waals surface area contributed by atoms with Crippen LogP contribution < -0.4 is 10.6 Å². The summed E-state index contributed by atoms with van der Waals surface area (Å²) in [4.78, 5) is 27.1. The lowest BCUT2D eigenvalue weighted by atomic mass is 10.2. The lowest BCUT2D eigenvalue weighted by molar-refractivity contribution is -0.120. The highest BCUT2D eigenvalue weighted by Gasteiger charge is 2.05. The molecule has 194 valence electrons. The Morgan fingerprint density at radius 3 is 1.75 bits per heavy atom. The molecule has 0 spiro atoms. The number of nitrogens with zero attached hydrogens (tertiary/aromatic N) is 1. The molecular weight excluding hydrogens is 453 g/mol. The molecule has 0 fully saturated rings. The van der Waals surface area contributed by atoms with Crippen molar-refractivity contribution in [3.8, 4) is 0 Å². The SMILES string of the molecule is CCC=CCC=CCC=CCC=CCC=CCC=CCCC(=O)NCCNC(=O)c1ccc(F)nc1. The molecule has 1 aromatic heterocycles. The van der Waals surface area contributed by atoms with E-state index in [1.54, 1.807) is 0 Å². The maximum atomic E-state index is 12.8. The molecule has 0 aromatic carbocycles. The van der Waals surface area contributed by atoms with Crippen molar-refractivity contribution in [3.63, 3.8) is 0 Å². The Morgan fingerprint density at radius 2 is 1.25 bits per heavy atom. The van der Waals surface area contributed by atoms with Crippen molar-refractivity contribution >= 4 is 11.8 Å². The number of carbonyl (C=O) groups excluding carboxylic acids is 2. The van der Waals surface area contributed by atoms with Gasteiger partial charge in [0.25, 0.3) is 5.91 Å². The van der Waals surface area contributed by atoms with Gasteiger partial charge in [0.1, 0.15) is 0 Å². The second-order valence-corrected chi connectivity index (χ2v) is 7.93. The largest absolute Gasteiger partial charge is 0.354 e. The van der Waals surface area contributed by atoms with E-state index in [1.165, 1.54) is 12.3 Å². The van der Waals surface area contributed by atoms with Gasteiger partial charge >= 0.3 is 0 Å². The van der Waals surface area contributed by atoms with Crippen LogP contribution in [0.4, 0.5) is 4.39 Å². The summed E-state index contributed by atoms with van der Waals surface area (Å²) in [6.07, 6.45) is 33.9. The number of halogens is 1. The average Bonchev–Trinajstić information content (AvgIpc) is 2.88. The minimum atomic E-state index is -0.634. The molecule has 0 aliphatic carbocycles. The van der Waals surface area contributed by atoms with Crippen LogP contribution in [0.1, 0.15) is 68.6 Å². The fourth-order valence-electron chi connectivity index (χ4n) is 2.93. The molecule has 0 aliphatic heterocycles. The number of carbonyl (C=O) groups is 2. The van der Waals surface area contributed by atoms with Crippen molar-refractivity contribution in [1.82, 2.24) is 15.6 Å². The Labute approximate surface area is 215 Å². The van der Waals surface area contributed by atoms with Gasteiger partial charge in [0.05, 0.1) is 5.56 Å². The zero-order valence-electron chi connectivity index (χ0n) is 21.4. The monoisotopic (exact) mass is 493 g/mol. The number of nitrogens with one attached hydrogen (secondary N) is 2. The Balaban J connectivity index is 1.98. The Bertz CT molecular complexity index is 913. The lowest BCUT2D eigenvalue weighted by Gasteiger charge is -2.06. The highest BCUT2D eigenvalue weighted by atomic mass is 19.1. The van der Waals surface area contributed by atoms with Gasteiger partial charge in [-0.1, -0.05) is 79.8 Å². The molecular formula is C30H40FN3O2. The van der Waals surface area contributed by atoms with Gasteiger partial charge in [-0.15, -0.1) is 0 Å². The van der Waals surface area contributed by atoms with Gasteiger partial charge in [0.2, 0.25) is 11.9 Å². The Hall–Kier alpha value is -3.54. The van der Waals surface area contributed by atoms with E-state index in [1.807, 2.05) is 6.08 Å². The zero-order valence-corrected chi connectivity index (χ0v) is 21.4. The number of aromatic nitrogens is 1. The number of hydrogen-bond acceptors (Lipinski definition) is 3. The van der Waals surface area contributed by atoms with E-state index in [4.69, 9.17) is 0 Å². The minimum Gasteiger partial charge on any atom is -0.354 e. The van der Waals surface area contributed by atoms with Gasteiger partial charge in [-0.05, 0) is 57.1 Å². The van der Waals surface area contributed by atoms with Crippen molar-refractivity contribution in [3.05, 3.63) is 103 Å². The number of allylic oxidation sites excluding steroid dienone is 12. The first-order valence-corrected chi connectivity index (χ1v) is 12.7. The summed E-state index contributed by atoms with van der Waals surface area (Å²) in [5.41, 5.74) is 0.278. The van der Waals surface area contributed by atoms with Gasteiger partial charge in [-0.25, -0.2) is 4.98 Å². The summed E-state index contributed by atoms with van der Waals surface area (Å²) in [5, 5.41) is 5.41. The molecule has 2 N–H and O–H groups in total. The van der Waals surface area contributed by atoms with E-state index >= 15 is 0 Å². The van der Waals surface area contributed by atoms with Crippen molar-refractivity contribution < 1.29 is 14.0 Å². The van der Waals surface area contributed by atoms with Crippen LogP contribution in [0.5, 0.6) is 0 Å². The first kappa shape index (κ1) is 30.5. The third kappa shape index (κ3) is 17.9. The number of rotatable bonds is 18. The van der Waals surface area contributed by atoms with E-state index in [2.05, 4.69) is 89.4 Å². The third-order valence-corrected chi connectivity index (χ3v) is 4.86. The van der Waals surface area contributed by atoms with E-state index in [0.717, 1.165) is 44.6 Å². The molecule has 5 nitrogen and oxygen atoms in total. The summed E-state index contributed by atoms with van der Waals surface area (Å²) in [5.74, 6) is -1.05. The molecule has 1 rings (SSSR count). The highest BCUT2D eigenvalue weighted by molar-refractivity contribution is 5.93. The van der Waals surface area contributed by atoms with Crippen LogP contribution in [0.15, 0.2) is 91.2 Å². The van der Waals surface area contributed by atoms with Crippen LogP contribution in [-0.4, -0.2) is 29.9 Å². The first-order chi connectivity index (χ1) is 17.6. The zero-order chi connectivity index (χ0) is 26.1. The molecule has 1 heterocycles. The maximum Gasteiger partial charge on any atom is 0.252 e. The van der Waals surface area contributed by atoms with Gasteiger partial charge in [0.15, 0.2) is 0 Å². The summed E-state index contributed by atoms with van der Waals surface area (Å²) >= 11 is 0. The molecule has 0 saturated carbocycles. The van der Waals surface area contributed by atoms with E-state index in [-0.39, 0.29) is 17.4 Å². The fraction of sp³-hybridized carbons (Fsp3) is 0.367. The van der Waals surface area contributed by atoms with Crippen LogP contribution in [0.25, 0.3) is 0 Å². The molecule has 0 atom stereocenters. The normalized spacial score (nSPS) is 12.3. The molecule has 2 amide bonds. The first-order valence-electron chi connectivity index (χ1n) is 12.7. The summed E-state index contributed by atoms with van der Waals surface area (Å²) in [6.45, 7) is 2.77. The van der Waals surface area contributed by atoms with E-state index in [0.29, 0.717) is 25.9 Å². The highest BCUT2D eigenvalue weighted by Crippen LogP contribution is 1.99. The topological polar surface area (TPSA) is 71.1 Å². The summed E-state index contributed by atoms with van der Waals surface area (Å²) < 4.78 is 12.8. The van der Waals surface area contributed by atoms with Crippen molar-refractivity contribution in [2.45, 2.75) is 58.3 Å². The van der Waals surface area contributed by atoms with Crippen LogP contribution in [0, 0.1) is 5.95 Å². The molecule has 0 unspecified atom stereocenters. The average molecular weight is 494 g/mol. The predicted octanol–water partition coefficient (Wildman–Crippen LogP) is 6.54. The van der Waals surface area contributed by atoms with Gasteiger partial charge < -0.3 is 10.6 Å². The minimum absolute atomic E-state index is 0.0628. The second-order valence-electron chi connectivity index (χ2n) is 7.93. The lowest BCUT2D eigenvalue weighted by Crippen LogP contribution is -2.34. The standard InChI is InChI=1S/C30H40FN3O2/c1-2-3-4-5-6-7-8-9-10-11-12-13-14-15-16-17-18-19-20-21-29(35)32-24-25-33-30(36)27-22-23-28(31)34-26-27/h3-4,6-7,9-10,12-13,15-16,18-19,22-23,26H,2,5,8,11,14,17,20-21,24-25H2,1H3,(H,32,35)(H,33,36). The van der Waals surface area contributed by atoms with Crippen LogP contribution in [0.3, 0.4) is 0 Å². The van der Waals surface area contributed by atoms with Crippen molar-refractivity contribution in [2.75, 3.05) is 13.1 Å². The molecule has 36 heavy (non-hydrogen) atoms. The molecule has 0 aliphatic rings. The Kier molecular flexibility index (Phi) is 18.6. The van der Waals surface area contributed by atoms with Crippen molar-refractivity contribution in [1.29, 1.82) is 0 Å². The Morgan fingerprint density at radius 1 is 0.750 bits per heavy atom. The van der Waals surface area contributed by atoms with Gasteiger partial charge in [0, 0.05) is 25.7 Å². The smallest absolute Gasteiger partial charge is 0.252 e. The molecule has 0 bridgehead atoms. The quantitative estimate of drug-likeness (QED) is 0.138. The van der Waals surface area contributed by atoms with Crippen LogP contribution >= 0.6 is 0 Å². The molecule has 1 aromatic rings. The summed E-state index contributed by atoms with van der Waals surface area (Å²) in [7, 11) is 0. The number of pyridine rings is 1. The third-order valence-electron chi connectivity index (χ3n) is 4.86.